The van der Waals surface area contributed by atoms with Gasteiger partial charge in [0, 0.05) is 31.0 Å². The number of benzene rings is 1. The molecule has 1 N–H and O–H groups in total. The van der Waals surface area contributed by atoms with E-state index in [1.807, 2.05) is 6.92 Å². The third-order valence-corrected chi connectivity index (χ3v) is 3.39. The summed E-state index contributed by atoms with van der Waals surface area (Å²) in [5.41, 5.74) is 0.900. The molecule has 112 valence electrons. The number of rotatable bonds is 5. The number of nitrogens with zero attached hydrogens (tertiary/aromatic N) is 2. The van der Waals surface area contributed by atoms with Crippen LogP contribution < -0.4 is 5.32 Å². The number of anilines is 1. The summed E-state index contributed by atoms with van der Waals surface area (Å²) in [5.74, 6) is -0.444. The Morgan fingerprint density at radius 1 is 1.29 bits per heavy atom. The molecule has 0 aliphatic carbocycles. The van der Waals surface area contributed by atoms with Crippen molar-refractivity contribution in [2.45, 2.75) is 32.7 Å². The molecule has 7 heteroatoms. The number of piperidine rings is 1. The number of carbonyl (C=O) groups excluding carboxylic acids is 2. The van der Waals surface area contributed by atoms with Gasteiger partial charge in [0.2, 0.25) is 11.8 Å². The first-order valence-corrected chi connectivity index (χ1v) is 6.88. The van der Waals surface area contributed by atoms with Gasteiger partial charge < -0.3 is 5.32 Å². The maximum atomic E-state index is 11.8. The summed E-state index contributed by atoms with van der Waals surface area (Å²) in [6, 6.07) is 4.66. The molecule has 0 radical (unpaired) electrons. The molecule has 2 rings (SSSR count). The Labute approximate surface area is 122 Å². The molecule has 0 spiro atoms. The van der Waals surface area contributed by atoms with E-state index in [-0.39, 0.29) is 24.0 Å². The number of imide groups is 1. The third kappa shape index (κ3) is 3.18. The zero-order valence-corrected chi connectivity index (χ0v) is 11.8. The van der Waals surface area contributed by atoms with Crippen LogP contribution in [0.1, 0.15) is 31.7 Å². The largest absolute Gasteiger partial charge is 0.379 e. The Morgan fingerprint density at radius 3 is 2.52 bits per heavy atom. The molecule has 1 aliphatic heterocycles. The summed E-state index contributed by atoms with van der Waals surface area (Å²) in [6.07, 6.45) is 1.26. The van der Waals surface area contributed by atoms with Gasteiger partial charge in [0.15, 0.2) is 0 Å². The predicted octanol–water partition coefficient (Wildman–Crippen LogP) is 2.07. The van der Waals surface area contributed by atoms with Gasteiger partial charge in [0.1, 0.15) is 5.69 Å². The first-order chi connectivity index (χ1) is 10.0. The van der Waals surface area contributed by atoms with E-state index in [4.69, 9.17) is 0 Å². The second-order valence-electron chi connectivity index (χ2n) is 4.83. The van der Waals surface area contributed by atoms with E-state index in [1.54, 1.807) is 12.1 Å². The number of carbonyl (C=O) groups is 2. The summed E-state index contributed by atoms with van der Waals surface area (Å²) < 4.78 is 0. The molecule has 1 aliphatic rings. The highest BCUT2D eigenvalue weighted by atomic mass is 16.6. The van der Waals surface area contributed by atoms with E-state index in [0.717, 1.165) is 0 Å². The summed E-state index contributed by atoms with van der Waals surface area (Å²) in [5, 5.41) is 14.0. The van der Waals surface area contributed by atoms with Crippen molar-refractivity contribution in [2.75, 3.05) is 11.9 Å². The van der Waals surface area contributed by atoms with Gasteiger partial charge in [-0.3, -0.25) is 24.6 Å². The number of hydrogen-bond acceptors (Lipinski definition) is 5. The number of nitro benzene ring substituents is 1. The molecule has 2 amide bonds. The molecule has 7 nitrogen and oxygen atoms in total. The van der Waals surface area contributed by atoms with Crippen LogP contribution >= 0.6 is 0 Å². The molecular formula is C14H17N3O4. The number of nitro groups is 1. The van der Waals surface area contributed by atoms with Gasteiger partial charge in [-0.1, -0.05) is 12.1 Å². The Hall–Kier alpha value is -2.44. The van der Waals surface area contributed by atoms with E-state index in [9.17, 15) is 19.7 Å². The normalized spacial score (nSPS) is 15.2. The highest BCUT2D eigenvalue weighted by Gasteiger charge is 2.27. The van der Waals surface area contributed by atoms with Gasteiger partial charge in [-0.15, -0.1) is 0 Å². The summed E-state index contributed by atoms with van der Waals surface area (Å²) >= 11 is 0. The lowest BCUT2D eigenvalue weighted by Gasteiger charge is -2.25. The maximum Gasteiger partial charge on any atom is 0.292 e. The van der Waals surface area contributed by atoms with E-state index in [2.05, 4.69) is 5.32 Å². The highest BCUT2D eigenvalue weighted by molar-refractivity contribution is 5.97. The van der Waals surface area contributed by atoms with Crippen molar-refractivity contribution in [1.82, 2.24) is 4.90 Å². The molecule has 21 heavy (non-hydrogen) atoms. The second kappa shape index (κ2) is 6.34. The lowest BCUT2D eigenvalue weighted by molar-refractivity contribution is -0.384. The lowest BCUT2D eigenvalue weighted by atomic mass is 10.1. The monoisotopic (exact) mass is 291 g/mol. The van der Waals surface area contributed by atoms with Crippen LogP contribution in [0.2, 0.25) is 0 Å². The SMILES string of the molecule is CCNc1c(CN2C(=O)CCCC2=O)cccc1[N+](=O)[O-]. The molecule has 0 atom stereocenters. The average molecular weight is 291 g/mol. The van der Waals surface area contributed by atoms with Crippen LogP contribution in [0.5, 0.6) is 0 Å². The van der Waals surface area contributed by atoms with Crippen LogP contribution in [0.4, 0.5) is 11.4 Å². The van der Waals surface area contributed by atoms with Crippen LogP contribution in [0.25, 0.3) is 0 Å². The van der Waals surface area contributed by atoms with E-state index in [0.29, 0.717) is 37.1 Å². The van der Waals surface area contributed by atoms with Crippen molar-refractivity contribution in [3.8, 4) is 0 Å². The maximum absolute atomic E-state index is 11.8. The fraction of sp³-hybridized carbons (Fsp3) is 0.429. The highest BCUT2D eigenvalue weighted by Crippen LogP contribution is 2.30. The number of para-hydroxylation sites is 1. The average Bonchev–Trinajstić information content (AvgIpc) is 2.44. The topological polar surface area (TPSA) is 92.6 Å². The number of hydrogen-bond donors (Lipinski definition) is 1. The molecule has 0 aromatic heterocycles. The summed E-state index contributed by atoms with van der Waals surface area (Å²) in [6.45, 7) is 2.42. The van der Waals surface area contributed by atoms with E-state index in [1.165, 1.54) is 11.0 Å². The second-order valence-corrected chi connectivity index (χ2v) is 4.83. The van der Waals surface area contributed by atoms with Crippen LogP contribution in [0, 0.1) is 10.1 Å². The van der Waals surface area contributed by atoms with Crippen LogP contribution in [0.15, 0.2) is 18.2 Å². The van der Waals surface area contributed by atoms with Gasteiger partial charge in [-0.05, 0) is 13.3 Å². The third-order valence-electron chi connectivity index (χ3n) is 3.39. The van der Waals surface area contributed by atoms with Crippen molar-refractivity contribution in [3.63, 3.8) is 0 Å². The van der Waals surface area contributed by atoms with Crippen LogP contribution in [-0.4, -0.2) is 28.2 Å². The van der Waals surface area contributed by atoms with Crippen molar-refractivity contribution in [3.05, 3.63) is 33.9 Å². The van der Waals surface area contributed by atoms with E-state index >= 15 is 0 Å². The van der Waals surface area contributed by atoms with Gasteiger partial charge in [0.25, 0.3) is 5.69 Å². The molecule has 0 bridgehead atoms. The quantitative estimate of drug-likeness (QED) is 0.509. The van der Waals surface area contributed by atoms with Crippen LogP contribution in [-0.2, 0) is 16.1 Å². The summed E-state index contributed by atoms with van der Waals surface area (Å²) in [4.78, 5) is 35.5. The van der Waals surface area contributed by atoms with Crippen molar-refractivity contribution < 1.29 is 14.5 Å². The number of amides is 2. The molecular weight excluding hydrogens is 274 g/mol. The van der Waals surface area contributed by atoms with Crippen LogP contribution in [0.3, 0.4) is 0 Å². The lowest BCUT2D eigenvalue weighted by Crippen LogP contribution is -2.39. The molecule has 1 fully saturated rings. The van der Waals surface area contributed by atoms with Gasteiger partial charge in [0.05, 0.1) is 11.5 Å². The molecule has 0 unspecified atom stereocenters. The Balaban J connectivity index is 2.34. The van der Waals surface area contributed by atoms with Crippen molar-refractivity contribution >= 4 is 23.2 Å². The minimum atomic E-state index is -0.471. The minimum Gasteiger partial charge on any atom is -0.379 e. The Bertz CT molecular complexity index is 570. The van der Waals surface area contributed by atoms with Gasteiger partial charge in [-0.25, -0.2) is 0 Å². The molecule has 1 aromatic carbocycles. The zero-order valence-electron chi connectivity index (χ0n) is 11.8. The fourth-order valence-corrected chi connectivity index (χ4v) is 2.40. The molecule has 0 saturated carbocycles. The van der Waals surface area contributed by atoms with Gasteiger partial charge in [-0.2, -0.15) is 0 Å². The Morgan fingerprint density at radius 2 is 1.95 bits per heavy atom. The predicted molar refractivity (Wildman–Crippen MR) is 76.7 cm³/mol. The van der Waals surface area contributed by atoms with E-state index < -0.39 is 4.92 Å². The Kier molecular flexibility index (Phi) is 4.52. The minimum absolute atomic E-state index is 0.0498. The first kappa shape index (κ1) is 15.0. The summed E-state index contributed by atoms with van der Waals surface area (Å²) in [7, 11) is 0. The molecule has 1 aromatic rings. The molecule has 1 heterocycles. The zero-order chi connectivity index (χ0) is 15.4. The van der Waals surface area contributed by atoms with Crippen molar-refractivity contribution in [2.24, 2.45) is 0 Å². The first-order valence-electron chi connectivity index (χ1n) is 6.88. The number of likely N-dealkylation sites (tertiary alicyclic amines) is 1. The standard InChI is InChI=1S/C14H17N3O4/c1-2-15-14-10(5-3-6-11(14)17(20)21)9-16-12(18)7-4-8-13(16)19/h3,5-6,15H,2,4,7-9H2,1H3. The smallest absolute Gasteiger partial charge is 0.292 e. The fourth-order valence-electron chi connectivity index (χ4n) is 2.40. The van der Waals surface area contributed by atoms with Crippen molar-refractivity contribution in [1.29, 1.82) is 0 Å². The molecule has 1 saturated heterocycles. The number of nitrogens with one attached hydrogen (secondary N) is 1. The van der Waals surface area contributed by atoms with Gasteiger partial charge >= 0.3 is 0 Å².